The molecule has 1 fully saturated rings. The molecule has 0 saturated carbocycles. The number of nitrogens with zero attached hydrogens (tertiary/aromatic N) is 2. The molecule has 2 aromatic rings. The number of hydrogen-bond acceptors (Lipinski definition) is 6. The number of amides is 1. The number of primary amides is 1. The zero-order valence-corrected chi connectivity index (χ0v) is 12.0. The lowest BCUT2D eigenvalue weighted by atomic mass is 10.0. The van der Waals surface area contributed by atoms with E-state index in [2.05, 4.69) is 15.3 Å². The van der Waals surface area contributed by atoms with E-state index >= 15 is 0 Å². The first-order chi connectivity index (χ1) is 10.7. The zero-order chi connectivity index (χ0) is 15.5. The lowest BCUT2D eigenvalue weighted by Crippen LogP contribution is -2.36. The standard InChI is InChI=1S/C15H18N4O3/c16-14(21)9-1-2-10-7-17-15(19-13(10)5-9)18-11-3-4-22-12(6-11)8-20/h1-2,5,7,11-12,20H,3-4,6,8H2,(H2,16,21)(H,17,18,19)/t11-,12-/m0/s1. The molecule has 1 aliphatic rings. The molecule has 2 atom stereocenters. The van der Waals surface area contributed by atoms with Crippen molar-refractivity contribution in [3.05, 3.63) is 30.0 Å². The van der Waals surface area contributed by atoms with Crippen LogP contribution in [-0.2, 0) is 4.74 Å². The van der Waals surface area contributed by atoms with Crippen molar-refractivity contribution in [3.8, 4) is 0 Å². The van der Waals surface area contributed by atoms with Crippen LogP contribution in [0, 0.1) is 0 Å². The number of carbonyl (C=O) groups is 1. The van der Waals surface area contributed by atoms with Crippen molar-refractivity contribution in [1.82, 2.24) is 9.97 Å². The summed E-state index contributed by atoms with van der Waals surface area (Å²) in [5.41, 5.74) is 6.37. The number of rotatable bonds is 4. The van der Waals surface area contributed by atoms with Crippen LogP contribution in [0.3, 0.4) is 0 Å². The van der Waals surface area contributed by atoms with Gasteiger partial charge in [-0.15, -0.1) is 0 Å². The van der Waals surface area contributed by atoms with E-state index in [-0.39, 0.29) is 18.8 Å². The first kappa shape index (κ1) is 14.7. The van der Waals surface area contributed by atoms with Gasteiger partial charge in [-0.1, -0.05) is 6.07 Å². The zero-order valence-electron chi connectivity index (χ0n) is 12.0. The number of benzene rings is 1. The first-order valence-electron chi connectivity index (χ1n) is 7.21. The summed E-state index contributed by atoms with van der Waals surface area (Å²) >= 11 is 0. The highest BCUT2D eigenvalue weighted by atomic mass is 16.5. The summed E-state index contributed by atoms with van der Waals surface area (Å²) in [5.74, 6) is 0.0166. The molecule has 4 N–H and O–H groups in total. The third-order valence-corrected chi connectivity index (χ3v) is 3.77. The van der Waals surface area contributed by atoms with Gasteiger partial charge in [-0.25, -0.2) is 9.97 Å². The van der Waals surface area contributed by atoms with E-state index in [1.54, 1.807) is 24.4 Å². The minimum atomic E-state index is -0.481. The van der Waals surface area contributed by atoms with Crippen LogP contribution in [0.4, 0.5) is 5.95 Å². The van der Waals surface area contributed by atoms with Crippen molar-refractivity contribution in [2.24, 2.45) is 5.73 Å². The van der Waals surface area contributed by atoms with Crippen molar-refractivity contribution >= 4 is 22.8 Å². The highest BCUT2D eigenvalue weighted by Gasteiger charge is 2.22. The van der Waals surface area contributed by atoms with Crippen LogP contribution in [0.2, 0.25) is 0 Å². The summed E-state index contributed by atoms with van der Waals surface area (Å²) in [6, 6.07) is 5.24. The minimum Gasteiger partial charge on any atom is -0.394 e. The fourth-order valence-electron chi connectivity index (χ4n) is 2.57. The van der Waals surface area contributed by atoms with Crippen molar-refractivity contribution in [2.45, 2.75) is 25.0 Å². The summed E-state index contributed by atoms with van der Waals surface area (Å²) in [4.78, 5) is 20.0. The summed E-state index contributed by atoms with van der Waals surface area (Å²) in [6.07, 6.45) is 3.10. The maximum atomic E-state index is 11.2. The van der Waals surface area contributed by atoms with Crippen molar-refractivity contribution in [3.63, 3.8) is 0 Å². The smallest absolute Gasteiger partial charge is 0.248 e. The van der Waals surface area contributed by atoms with Gasteiger partial charge in [0.1, 0.15) is 0 Å². The molecule has 0 aliphatic carbocycles. The highest BCUT2D eigenvalue weighted by Crippen LogP contribution is 2.19. The number of aliphatic hydroxyl groups excluding tert-OH is 1. The van der Waals surface area contributed by atoms with Crippen molar-refractivity contribution < 1.29 is 14.6 Å². The Morgan fingerprint density at radius 1 is 1.50 bits per heavy atom. The van der Waals surface area contributed by atoms with Crippen LogP contribution in [0.5, 0.6) is 0 Å². The number of ether oxygens (including phenoxy) is 1. The number of anilines is 1. The van der Waals surface area contributed by atoms with E-state index in [0.29, 0.717) is 30.1 Å². The second kappa shape index (κ2) is 6.25. The summed E-state index contributed by atoms with van der Waals surface area (Å²) in [5, 5.41) is 13.3. The number of aromatic nitrogens is 2. The van der Waals surface area contributed by atoms with Crippen LogP contribution in [0.25, 0.3) is 10.9 Å². The lowest BCUT2D eigenvalue weighted by Gasteiger charge is -2.28. The molecular formula is C15H18N4O3. The molecule has 22 heavy (non-hydrogen) atoms. The highest BCUT2D eigenvalue weighted by molar-refractivity contribution is 5.96. The van der Waals surface area contributed by atoms with Crippen LogP contribution in [-0.4, -0.2) is 46.3 Å². The Morgan fingerprint density at radius 2 is 2.36 bits per heavy atom. The Labute approximate surface area is 127 Å². The monoisotopic (exact) mass is 302 g/mol. The molecule has 1 aliphatic heterocycles. The number of fused-ring (bicyclic) bond motifs is 1. The Morgan fingerprint density at radius 3 is 3.14 bits per heavy atom. The molecular weight excluding hydrogens is 284 g/mol. The van der Waals surface area contributed by atoms with E-state index in [9.17, 15) is 9.90 Å². The topological polar surface area (TPSA) is 110 Å². The van der Waals surface area contributed by atoms with E-state index in [0.717, 1.165) is 11.8 Å². The SMILES string of the molecule is NC(=O)c1ccc2cnc(N[C@H]3CCO[C@H](CO)C3)nc2c1. The number of nitrogens with two attached hydrogens (primary N) is 1. The predicted molar refractivity (Wildman–Crippen MR) is 81.5 cm³/mol. The van der Waals surface area contributed by atoms with Crippen LogP contribution in [0.1, 0.15) is 23.2 Å². The van der Waals surface area contributed by atoms with Gasteiger partial charge in [0.25, 0.3) is 0 Å². The van der Waals surface area contributed by atoms with Gasteiger partial charge in [0.05, 0.1) is 18.2 Å². The Kier molecular flexibility index (Phi) is 4.17. The van der Waals surface area contributed by atoms with E-state index in [1.165, 1.54) is 0 Å². The Balaban J connectivity index is 1.80. The molecule has 0 radical (unpaired) electrons. The quantitative estimate of drug-likeness (QED) is 0.766. The van der Waals surface area contributed by atoms with Gasteiger partial charge in [0, 0.05) is 29.8 Å². The second-order valence-corrected chi connectivity index (χ2v) is 5.37. The molecule has 2 heterocycles. The normalized spacial score (nSPS) is 21.7. The maximum Gasteiger partial charge on any atom is 0.248 e. The number of nitrogens with one attached hydrogen (secondary N) is 1. The van der Waals surface area contributed by atoms with E-state index in [1.807, 2.05) is 0 Å². The van der Waals surface area contributed by atoms with E-state index < -0.39 is 5.91 Å². The van der Waals surface area contributed by atoms with Gasteiger partial charge in [0.15, 0.2) is 0 Å². The molecule has 0 bridgehead atoms. The van der Waals surface area contributed by atoms with Crippen molar-refractivity contribution in [1.29, 1.82) is 0 Å². The second-order valence-electron chi connectivity index (χ2n) is 5.37. The van der Waals surface area contributed by atoms with Gasteiger partial charge < -0.3 is 20.9 Å². The molecule has 116 valence electrons. The average molecular weight is 302 g/mol. The summed E-state index contributed by atoms with van der Waals surface area (Å²) in [7, 11) is 0. The maximum absolute atomic E-state index is 11.2. The predicted octanol–water partition coefficient (Wildman–Crippen LogP) is 0.680. The number of hydrogen-bond donors (Lipinski definition) is 3. The lowest BCUT2D eigenvalue weighted by molar-refractivity contribution is -0.0213. The van der Waals surface area contributed by atoms with Crippen LogP contribution in [0.15, 0.2) is 24.4 Å². The van der Waals surface area contributed by atoms with Gasteiger partial charge in [-0.3, -0.25) is 4.79 Å². The Hall–Kier alpha value is -2.25. The van der Waals surface area contributed by atoms with E-state index in [4.69, 9.17) is 10.5 Å². The van der Waals surface area contributed by atoms with Gasteiger partial charge in [0.2, 0.25) is 11.9 Å². The number of aliphatic hydroxyl groups is 1. The minimum absolute atomic E-state index is 0.0126. The fraction of sp³-hybridized carbons (Fsp3) is 0.400. The molecule has 1 amide bonds. The third-order valence-electron chi connectivity index (χ3n) is 3.77. The molecule has 7 nitrogen and oxygen atoms in total. The van der Waals surface area contributed by atoms with Crippen LogP contribution < -0.4 is 11.1 Å². The molecule has 1 saturated heterocycles. The number of carbonyl (C=O) groups excluding carboxylic acids is 1. The molecule has 0 spiro atoms. The molecule has 0 unspecified atom stereocenters. The van der Waals surface area contributed by atoms with Gasteiger partial charge in [-0.05, 0) is 25.0 Å². The fourth-order valence-corrected chi connectivity index (χ4v) is 2.57. The molecule has 1 aromatic heterocycles. The van der Waals surface area contributed by atoms with Gasteiger partial charge in [-0.2, -0.15) is 0 Å². The molecule has 7 heteroatoms. The largest absolute Gasteiger partial charge is 0.394 e. The third kappa shape index (κ3) is 3.15. The summed E-state index contributed by atoms with van der Waals surface area (Å²) < 4.78 is 5.43. The summed E-state index contributed by atoms with van der Waals surface area (Å²) in [6.45, 7) is 0.612. The first-order valence-corrected chi connectivity index (χ1v) is 7.21. The average Bonchev–Trinajstić information content (AvgIpc) is 2.54. The van der Waals surface area contributed by atoms with Crippen LogP contribution >= 0.6 is 0 Å². The Bertz CT molecular complexity index is 692. The van der Waals surface area contributed by atoms with Crippen molar-refractivity contribution in [2.75, 3.05) is 18.5 Å². The van der Waals surface area contributed by atoms with Gasteiger partial charge >= 0.3 is 0 Å². The molecule has 3 rings (SSSR count). The molecule has 1 aromatic carbocycles.